The Morgan fingerprint density at radius 1 is 1.00 bits per heavy atom. The largest absolute Gasteiger partial charge is 0.314 e. The summed E-state index contributed by atoms with van der Waals surface area (Å²) in [4.78, 5) is 5.32. The van der Waals surface area contributed by atoms with Gasteiger partial charge in [0.15, 0.2) is 0 Å². The highest BCUT2D eigenvalue weighted by Gasteiger charge is 2.27. The average molecular weight is 225 g/mol. The predicted molar refractivity (Wildman–Crippen MR) is 68.8 cm³/mol. The van der Waals surface area contributed by atoms with Crippen LogP contribution in [0.1, 0.15) is 32.6 Å². The summed E-state index contributed by atoms with van der Waals surface area (Å²) in [5, 5.41) is 3.36. The molecule has 1 N–H and O–H groups in total. The van der Waals surface area contributed by atoms with Crippen LogP contribution >= 0.6 is 0 Å². The molecule has 0 atom stereocenters. The Labute approximate surface area is 100 Å². The van der Waals surface area contributed by atoms with Crippen LogP contribution in [0.25, 0.3) is 0 Å². The van der Waals surface area contributed by atoms with E-state index in [0.717, 1.165) is 6.04 Å². The highest BCUT2D eigenvalue weighted by Crippen LogP contribution is 2.10. The van der Waals surface area contributed by atoms with Crippen LogP contribution in [0.4, 0.5) is 0 Å². The van der Waals surface area contributed by atoms with Gasteiger partial charge in [0.05, 0.1) is 0 Å². The van der Waals surface area contributed by atoms with Crippen molar-refractivity contribution < 1.29 is 0 Å². The molecule has 0 aliphatic carbocycles. The molecule has 0 amide bonds. The van der Waals surface area contributed by atoms with Crippen molar-refractivity contribution in [2.75, 3.05) is 45.8 Å². The van der Waals surface area contributed by atoms with Gasteiger partial charge in [-0.2, -0.15) is 0 Å². The van der Waals surface area contributed by atoms with E-state index in [1.807, 2.05) is 0 Å². The zero-order valence-electron chi connectivity index (χ0n) is 10.7. The third-order valence-corrected chi connectivity index (χ3v) is 4.01. The fourth-order valence-electron chi connectivity index (χ4n) is 2.65. The first-order chi connectivity index (χ1) is 7.90. The molecular weight excluding hydrogens is 198 g/mol. The molecular formula is C13H27N3. The standard InChI is InChI=1S/C13H27N3/c1-2-3-4-5-6-15-7-9-16(10-8-15)13-11-14-12-13/h13-14H,2-12H2,1H3. The van der Waals surface area contributed by atoms with Gasteiger partial charge in [-0.3, -0.25) is 4.90 Å². The number of hydrogen-bond acceptors (Lipinski definition) is 3. The van der Waals surface area contributed by atoms with E-state index in [4.69, 9.17) is 0 Å². The number of piperazine rings is 1. The summed E-state index contributed by atoms with van der Waals surface area (Å²) in [6, 6.07) is 0.849. The van der Waals surface area contributed by atoms with Crippen LogP contribution in [-0.2, 0) is 0 Å². The van der Waals surface area contributed by atoms with E-state index in [0.29, 0.717) is 0 Å². The Kier molecular flexibility index (Phi) is 5.07. The minimum atomic E-state index is 0.849. The van der Waals surface area contributed by atoms with Gasteiger partial charge < -0.3 is 10.2 Å². The minimum absolute atomic E-state index is 0.849. The molecule has 0 unspecified atom stereocenters. The van der Waals surface area contributed by atoms with Gasteiger partial charge in [0.25, 0.3) is 0 Å². The second-order valence-corrected chi connectivity index (χ2v) is 5.25. The van der Waals surface area contributed by atoms with Crippen molar-refractivity contribution in [2.24, 2.45) is 0 Å². The summed E-state index contributed by atoms with van der Waals surface area (Å²) in [6.45, 7) is 11.2. The van der Waals surface area contributed by atoms with Gasteiger partial charge in [-0.05, 0) is 13.0 Å². The second kappa shape index (κ2) is 6.58. The predicted octanol–water partition coefficient (Wildman–Crippen LogP) is 1.16. The van der Waals surface area contributed by atoms with Gasteiger partial charge in [-0.15, -0.1) is 0 Å². The van der Waals surface area contributed by atoms with Crippen molar-refractivity contribution >= 4 is 0 Å². The van der Waals surface area contributed by atoms with Crippen LogP contribution in [0, 0.1) is 0 Å². The van der Waals surface area contributed by atoms with E-state index >= 15 is 0 Å². The maximum absolute atomic E-state index is 3.36. The summed E-state index contributed by atoms with van der Waals surface area (Å²) in [5.41, 5.74) is 0. The molecule has 94 valence electrons. The lowest BCUT2D eigenvalue weighted by molar-refractivity contribution is 0.0721. The average Bonchev–Trinajstić information content (AvgIpc) is 2.24. The van der Waals surface area contributed by atoms with Crippen molar-refractivity contribution in [3.63, 3.8) is 0 Å². The maximum Gasteiger partial charge on any atom is 0.0346 e. The monoisotopic (exact) mass is 225 g/mol. The van der Waals surface area contributed by atoms with E-state index in [1.54, 1.807) is 0 Å². The van der Waals surface area contributed by atoms with Gasteiger partial charge in [-0.25, -0.2) is 0 Å². The molecule has 0 spiro atoms. The van der Waals surface area contributed by atoms with Crippen molar-refractivity contribution in [2.45, 2.75) is 38.6 Å². The van der Waals surface area contributed by atoms with E-state index in [2.05, 4.69) is 22.0 Å². The van der Waals surface area contributed by atoms with Gasteiger partial charge in [0.1, 0.15) is 0 Å². The van der Waals surface area contributed by atoms with Crippen LogP contribution < -0.4 is 5.32 Å². The van der Waals surface area contributed by atoms with Crippen molar-refractivity contribution in [3.05, 3.63) is 0 Å². The topological polar surface area (TPSA) is 18.5 Å². The lowest BCUT2D eigenvalue weighted by Gasteiger charge is -2.43. The van der Waals surface area contributed by atoms with Crippen LogP contribution in [0.15, 0.2) is 0 Å². The summed E-state index contributed by atoms with van der Waals surface area (Å²) in [7, 11) is 0. The highest BCUT2D eigenvalue weighted by atomic mass is 15.3. The first-order valence-electron chi connectivity index (χ1n) is 7.07. The van der Waals surface area contributed by atoms with Crippen LogP contribution in [-0.4, -0.2) is 61.7 Å². The molecule has 0 aromatic heterocycles. The van der Waals surface area contributed by atoms with E-state index in [9.17, 15) is 0 Å². The Morgan fingerprint density at radius 2 is 1.75 bits per heavy atom. The van der Waals surface area contributed by atoms with E-state index in [-0.39, 0.29) is 0 Å². The third-order valence-electron chi connectivity index (χ3n) is 4.01. The zero-order chi connectivity index (χ0) is 11.2. The van der Waals surface area contributed by atoms with Crippen molar-refractivity contribution in [1.29, 1.82) is 0 Å². The summed E-state index contributed by atoms with van der Waals surface area (Å²) >= 11 is 0. The van der Waals surface area contributed by atoms with Gasteiger partial charge in [-0.1, -0.05) is 26.2 Å². The molecule has 2 heterocycles. The maximum atomic E-state index is 3.36. The molecule has 0 saturated carbocycles. The van der Waals surface area contributed by atoms with Gasteiger partial charge in [0.2, 0.25) is 0 Å². The molecule has 0 radical (unpaired) electrons. The Morgan fingerprint density at radius 3 is 2.31 bits per heavy atom. The first kappa shape index (κ1) is 12.3. The number of unbranched alkanes of at least 4 members (excludes halogenated alkanes) is 3. The van der Waals surface area contributed by atoms with Crippen molar-refractivity contribution in [3.8, 4) is 0 Å². The molecule has 3 heteroatoms. The molecule has 2 aliphatic heterocycles. The highest BCUT2D eigenvalue weighted by molar-refractivity contribution is 4.87. The number of hydrogen-bond donors (Lipinski definition) is 1. The molecule has 0 aromatic carbocycles. The Balaban J connectivity index is 1.54. The molecule has 2 aliphatic rings. The quantitative estimate of drug-likeness (QED) is 0.684. The molecule has 2 saturated heterocycles. The molecule has 2 rings (SSSR count). The first-order valence-corrected chi connectivity index (χ1v) is 7.07. The van der Waals surface area contributed by atoms with Crippen LogP contribution in [0.3, 0.4) is 0 Å². The fourth-order valence-corrected chi connectivity index (χ4v) is 2.65. The fraction of sp³-hybridized carbons (Fsp3) is 1.00. The normalized spacial score (nSPS) is 24.6. The van der Waals surface area contributed by atoms with Gasteiger partial charge >= 0.3 is 0 Å². The lowest BCUT2D eigenvalue weighted by atomic mass is 10.1. The SMILES string of the molecule is CCCCCCN1CCN(C2CNC2)CC1. The number of rotatable bonds is 6. The zero-order valence-corrected chi connectivity index (χ0v) is 10.7. The molecule has 16 heavy (non-hydrogen) atoms. The number of nitrogens with zero attached hydrogens (tertiary/aromatic N) is 2. The molecule has 0 bridgehead atoms. The Bertz CT molecular complexity index is 184. The summed E-state index contributed by atoms with van der Waals surface area (Å²) in [6.07, 6.45) is 5.58. The van der Waals surface area contributed by atoms with Gasteiger partial charge in [0, 0.05) is 45.3 Å². The van der Waals surface area contributed by atoms with Crippen LogP contribution in [0.5, 0.6) is 0 Å². The van der Waals surface area contributed by atoms with Crippen molar-refractivity contribution in [1.82, 2.24) is 15.1 Å². The second-order valence-electron chi connectivity index (χ2n) is 5.25. The Hall–Kier alpha value is -0.120. The lowest BCUT2D eigenvalue weighted by Crippen LogP contribution is -2.61. The molecule has 0 aromatic rings. The number of nitrogens with one attached hydrogen (secondary N) is 1. The smallest absolute Gasteiger partial charge is 0.0346 e. The summed E-state index contributed by atoms with van der Waals surface area (Å²) < 4.78 is 0. The van der Waals surface area contributed by atoms with E-state index < -0.39 is 0 Å². The molecule has 2 fully saturated rings. The molecule has 3 nitrogen and oxygen atoms in total. The minimum Gasteiger partial charge on any atom is -0.314 e. The third kappa shape index (κ3) is 3.44. The van der Waals surface area contributed by atoms with E-state index in [1.165, 1.54) is 71.5 Å². The van der Waals surface area contributed by atoms with Crippen LogP contribution in [0.2, 0.25) is 0 Å². The summed E-state index contributed by atoms with van der Waals surface area (Å²) in [5.74, 6) is 0.